The first-order chi connectivity index (χ1) is 14.0. The van der Waals surface area contributed by atoms with Crippen LogP contribution in [0.5, 0.6) is 0 Å². The molecule has 0 bridgehead atoms. The van der Waals surface area contributed by atoms with Crippen LogP contribution in [0.15, 0.2) is 48.5 Å². The highest BCUT2D eigenvalue weighted by molar-refractivity contribution is 7.91. The molecule has 0 aromatic heterocycles. The van der Waals surface area contributed by atoms with Crippen molar-refractivity contribution in [2.24, 2.45) is 0 Å². The van der Waals surface area contributed by atoms with Crippen molar-refractivity contribution in [2.45, 2.75) is 44.8 Å². The Morgan fingerprint density at radius 3 is 2.17 bits per heavy atom. The van der Waals surface area contributed by atoms with E-state index in [1.165, 1.54) is 12.1 Å². The molecule has 30 heavy (non-hydrogen) atoms. The number of piperazine rings is 1. The Morgan fingerprint density at radius 1 is 0.967 bits per heavy atom. The number of sulfone groups is 1. The molecular weight excluding hydrogens is 403 g/mol. The molecule has 2 saturated heterocycles. The zero-order valence-corrected chi connectivity index (χ0v) is 18.3. The van der Waals surface area contributed by atoms with E-state index >= 15 is 0 Å². The highest BCUT2D eigenvalue weighted by Gasteiger charge is 2.49. The SMILES string of the molecule is CC(C)(C)c1ccc(N2C(=O)CN(Cc3ccc(F)cc3)[C@@H]3CS(=O)(=O)C[C@H]32)cc1. The van der Waals surface area contributed by atoms with E-state index in [-0.39, 0.29) is 41.2 Å². The number of carbonyl (C=O) groups is 1. The van der Waals surface area contributed by atoms with Crippen molar-refractivity contribution in [3.8, 4) is 0 Å². The van der Waals surface area contributed by atoms with Crippen LogP contribution in [-0.2, 0) is 26.6 Å². The van der Waals surface area contributed by atoms with Crippen molar-refractivity contribution in [3.05, 3.63) is 65.5 Å². The van der Waals surface area contributed by atoms with Crippen LogP contribution < -0.4 is 4.90 Å². The van der Waals surface area contributed by atoms with Crippen molar-refractivity contribution in [3.63, 3.8) is 0 Å². The Balaban J connectivity index is 1.63. The van der Waals surface area contributed by atoms with Crippen LogP contribution in [-0.4, -0.2) is 49.4 Å². The van der Waals surface area contributed by atoms with Gasteiger partial charge in [-0.25, -0.2) is 12.8 Å². The fourth-order valence-corrected chi connectivity index (χ4v) is 6.39. The number of amides is 1. The molecule has 2 atom stereocenters. The second kappa shape index (κ2) is 7.46. The zero-order chi connectivity index (χ0) is 21.7. The van der Waals surface area contributed by atoms with Gasteiger partial charge in [0.15, 0.2) is 9.84 Å². The van der Waals surface area contributed by atoms with Gasteiger partial charge in [0.1, 0.15) is 5.82 Å². The van der Waals surface area contributed by atoms with Gasteiger partial charge in [0.05, 0.1) is 24.1 Å². The number of carbonyl (C=O) groups excluding carboxylic acids is 1. The number of hydrogen-bond acceptors (Lipinski definition) is 4. The third kappa shape index (κ3) is 4.14. The van der Waals surface area contributed by atoms with Gasteiger partial charge in [0.2, 0.25) is 5.91 Å². The van der Waals surface area contributed by atoms with Crippen LogP contribution in [0.3, 0.4) is 0 Å². The lowest BCUT2D eigenvalue weighted by Crippen LogP contribution is -2.61. The first kappa shape index (κ1) is 21.0. The minimum absolute atomic E-state index is 0.00434. The van der Waals surface area contributed by atoms with Crippen LogP contribution in [0, 0.1) is 5.82 Å². The molecule has 7 heteroatoms. The Kier molecular flexibility index (Phi) is 5.22. The predicted molar refractivity (Wildman–Crippen MR) is 116 cm³/mol. The van der Waals surface area contributed by atoms with E-state index in [0.717, 1.165) is 16.8 Å². The summed E-state index contributed by atoms with van der Waals surface area (Å²) in [5.41, 5.74) is 2.75. The number of hydrogen-bond donors (Lipinski definition) is 0. The maximum Gasteiger partial charge on any atom is 0.241 e. The van der Waals surface area contributed by atoms with Gasteiger partial charge in [0.25, 0.3) is 0 Å². The van der Waals surface area contributed by atoms with E-state index in [2.05, 4.69) is 20.8 Å². The van der Waals surface area contributed by atoms with Crippen LogP contribution in [0.4, 0.5) is 10.1 Å². The maximum atomic E-state index is 13.2. The first-order valence-corrected chi connectivity index (χ1v) is 12.0. The molecule has 2 fully saturated rings. The van der Waals surface area contributed by atoms with Crippen LogP contribution >= 0.6 is 0 Å². The van der Waals surface area contributed by atoms with Crippen LogP contribution in [0.25, 0.3) is 0 Å². The first-order valence-electron chi connectivity index (χ1n) is 10.1. The summed E-state index contributed by atoms with van der Waals surface area (Å²) >= 11 is 0. The third-order valence-electron chi connectivity index (χ3n) is 6.01. The molecule has 0 unspecified atom stereocenters. The van der Waals surface area contributed by atoms with Crippen LogP contribution in [0.1, 0.15) is 31.9 Å². The average Bonchev–Trinajstić information content (AvgIpc) is 2.98. The zero-order valence-electron chi connectivity index (χ0n) is 17.5. The van der Waals surface area contributed by atoms with Crippen molar-refractivity contribution < 1.29 is 17.6 Å². The Labute approximate surface area is 177 Å². The van der Waals surface area contributed by atoms with Gasteiger partial charge in [-0.3, -0.25) is 9.69 Å². The van der Waals surface area contributed by atoms with Gasteiger partial charge < -0.3 is 4.90 Å². The van der Waals surface area contributed by atoms with Gasteiger partial charge in [-0.05, 0) is 40.8 Å². The number of fused-ring (bicyclic) bond motifs is 1. The second-order valence-corrected chi connectivity index (χ2v) is 11.5. The Bertz CT molecular complexity index is 1040. The molecule has 0 radical (unpaired) electrons. The molecule has 1 amide bonds. The maximum absolute atomic E-state index is 13.2. The van der Waals surface area contributed by atoms with Gasteiger partial charge in [0, 0.05) is 18.3 Å². The highest BCUT2D eigenvalue weighted by atomic mass is 32.2. The minimum Gasteiger partial charge on any atom is -0.306 e. The molecule has 2 aromatic rings. The lowest BCUT2D eigenvalue weighted by atomic mass is 9.87. The van der Waals surface area contributed by atoms with E-state index in [9.17, 15) is 17.6 Å². The van der Waals surface area contributed by atoms with E-state index in [4.69, 9.17) is 0 Å². The third-order valence-corrected chi connectivity index (χ3v) is 7.71. The van der Waals surface area contributed by atoms with Gasteiger partial charge in [-0.2, -0.15) is 0 Å². The summed E-state index contributed by atoms with van der Waals surface area (Å²) in [4.78, 5) is 16.7. The number of anilines is 1. The normalized spacial score (nSPS) is 24.1. The minimum atomic E-state index is -3.25. The summed E-state index contributed by atoms with van der Waals surface area (Å²) in [5.74, 6) is -0.439. The summed E-state index contributed by atoms with van der Waals surface area (Å²) in [6, 6.07) is 13.3. The summed E-state index contributed by atoms with van der Waals surface area (Å²) in [6.07, 6.45) is 0. The van der Waals surface area contributed by atoms with E-state index in [1.807, 2.05) is 29.2 Å². The topological polar surface area (TPSA) is 57.7 Å². The van der Waals surface area contributed by atoms with Crippen molar-refractivity contribution in [2.75, 3.05) is 23.0 Å². The fraction of sp³-hybridized carbons (Fsp3) is 0.435. The molecule has 2 aliphatic heterocycles. The highest BCUT2D eigenvalue weighted by Crippen LogP contribution is 2.33. The molecule has 2 aromatic carbocycles. The van der Waals surface area contributed by atoms with Gasteiger partial charge >= 0.3 is 0 Å². The molecule has 4 rings (SSSR count). The molecule has 0 N–H and O–H groups in total. The second-order valence-electron chi connectivity index (χ2n) is 9.30. The average molecular weight is 431 g/mol. The molecule has 0 saturated carbocycles. The summed E-state index contributed by atoms with van der Waals surface area (Å²) in [5, 5.41) is 0. The van der Waals surface area contributed by atoms with Crippen molar-refractivity contribution >= 4 is 21.4 Å². The Hall–Kier alpha value is -2.25. The fourth-order valence-electron chi connectivity index (χ4n) is 4.41. The number of benzene rings is 2. The van der Waals surface area contributed by atoms with E-state index in [0.29, 0.717) is 6.54 Å². The molecule has 160 valence electrons. The van der Waals surface area contributed by atoms with Crippen molar-refractivity contribution in [1.82, 2.24) is 4.90 Å². The van der Waals surface area contributed by atoms with Gasteiger partial charge in [-0.15, -0.1) is 0 Å². The molecule has 0 spiro atoms. The monoisotopic (exact) mass is 430 g/mol. The van der Waals surface area contributed by atoms with Crippen LogP contribution in [0.2, 0.25) is 0 Å². The standard InChI is InChI=1S/C23H27FN2O3S/c1-23(2,3)17-6-10-19(11-7-17)26-21-15-30(28,29)14-20(21)25(13-22(26)27)12-16-4-8-18(24)9-5-16/h4-11,20-21H,12-15H2,1-3H3/t20-,21-/m1/s1. The quantitative estimate of drug-likeness (QED) is 0.751. The lowest BCUT2D eigenvalue weighted by molar-refractivity contribution is -0.123. The van der Waals surface area contributed by atoms with E-state index in [1.54, 1.807) is 17.0 Å². The summed E-state index contributed by atoms with van der Waals surface area (Å²) < 4.78 is 38.2. The molecular formula is C23H27FN2O3S. The predicted octanol–water partition coefficient (Wildman–Crippen LogP) is 3.14. The Morgan fingerprint density at radius 2 is 1.57 bits per heavy atom. The summed E-state index contributed by atoms with van der Waals surface area (Å²) in [7, 11) is -3.25. The lowest BCUT2D eigenvalue weighted by Gasteiger charge is -2.43. The molecule has 2 aliphatic rings. The largest absolute Gasteiger partial charge is 0.306 e. The molecule has 0 aliphatic carbocycles. The summed E-state index contributed by atoms with van der Waals surface area (Å²) in [6.45, 7) is 6.93. The number of halogens is 1. The van der Waals surface area contributed by atoms with Gasteiger partial charge in [-0.1, -0.05) is 45.0 Å². The molecule has 2 heterocycles. The van der Waals surface area contributed by atoms with E-state index < -0.39 is 15.9 Å². The number of nitrogens with zero attached hydrogens (tertiary/aromatic N) is 2. The smallest absolute Gasteiger partial charge is 0.241 e. The number of rotatable bonds is 3. The van der Waals surface area contributed by atoms with Crippen molar-refractivity contribution in [1.29, 1.82) is 0 Å². The molecule has 5 nitrogen and oxygen atoms in total.